The summed E-state index contributed by atoms with van der Waals surface area (Å²) in [7, 11) is 5.68. The summed E-state index contributed by atoms with van der Waals surface area (Å²) in [5, 5.41) is 4.05. The number of ether oxygens (including phenoxy) is 1. The van der Waals surface area contributed by atoms with Crippen molar-refractivity contribution in [2.45, 2.75) is 6.61 Å². The molecule has 0 fully saturated rings. The molecule has 0 aliphatic carbocycles. The molecule has 3 aromatic rings. The summed E-state index contributed by atoms with van der Waals surface area (Å²) >= 11 is 5.92. The topological polar surface area (TPSA) is 63.6 Å². The Balaban J connectivity index is 1.90. The van der Waals surface area contributed by atoms with E-state index in [0.29, 0.717) is 35.1 Å². The number of hydrogen-bond acceptors (Lipinski definition) is 4. The number of benzene rings is 2. The number of para-hydroxylation sites is 1. The first-order valence-corrected chi connectivity index (χ1v) is 9.68. The number of hydrogen-bond donors (Lipinski definition) is 1. The molecule has 29 heavy (non-hydrogen) atoms. The summed E-state index contributed by atoms with van der Waals surface area (Å²) in [6.07, 6.45) is 0. The van der Waals surface area contributed by atoms with Crippen molar-refractivity contribution in [1.82, 2.24) is 14.8 Å². The zero-order chi connectivity index (χ0) is 21.0. The van der Waals surface area contributed by atoms with Gasteiger partial charge < -0.3 is 19.5 Å². The molecule has 2 aromatic carbocycles. The second-order valence-corrected chi connectivity index (χ2v) is 7.47. The molecule has 1 heterocycles. The molecule has 0 aliphatic heterocycles. The normalized spacial score (nSPS) is 11.1. The SMILES string of the molecule is CN(C)CCNC(=O)C(=O)c1c(COc2ccc(Cl)cc2)n(C)c2ccccc12. The first-order valence-electron chi connectivity index (χ1n) is 9.30. The monoisotopic (exact) mass is 413 g/mol. The van der Waals surface area contributed by atoms with E-state index in [0.717, 1.165) is 10.9 Å². The van der Waals surface area contributed by atoms with Crippen molar-refractivity contribution in [3.05, 3.63) is 64.8 Å². The average Bonchev–Trinajstić information content (AvgIpc) is 2.98. The Bertz CT molecular complexity index is 1030. The van der Waals surface area contributed by atoms with E-state index in [2.05, 4.69) is 5.32 Å². The summed E-state index contributed by atoms with van der Waals surface area (Å²) in [5.74, 6) is -0.542. The molecule has 7 heteroatoms. The van der Waals surface area contributed by atoms with Gasteiger partial charge in [-0.1, -0.05) is 29.8 Å². The number of rotatable bonds is 8. The van der Waals surface area contributed by atoms with E-state index in [1.54, 1.807) is 24.3 Å². The van der Waals surface area contributed by atoms with Gasteiger partial charge in [0.15, 0.2) is 0 Å². The zero-order valence-corrected chi connectivity index (χ0v) is 17.5. The number of nitrogens with zero attached hydrogens (tertiary/aromatic N) is 2. The van der Waals surface area contributed by atoms with Crippen LogP contribution >= 0.6 is 11.6 Å². The van der Waals surface area contributed by atoms with E-state index in [9.17, 15) is 9.59 Å². The fraction of sp³-hybridized carbons (Fsp3) is 0.273. The fourth-order valence-corrected chi connectivity index (χ4v) is 3.26. The molecule has 0 saturated carbocycles. The maximum atomic E-state index is 13.0. The highest BCUT2D eigenvalue weighted by atomic mass is 35.5. The van der Waals surface area contributed by atoms with Crippen LogP contribution in [0.15, 0.2) is 48.5 Å². The van der Waals surface area contributed by atoms with E-state index >= 15 is 0 Å². The Hall–Kier alpha value is -2.83. The van der Waals surface area contributed by atoms with E-state index < -0.39 is 11.7 Å². The molecule has 1 amide bonds. The quantitative estimate of drug-likeness (QED) is 0.454. The highest BCUT2D eigenvalue weighted by Gasteiger charge is 2.26. The highest BCUT2D eigenvalue weighted by Crippen LogP contribution is 2.27. The van der Waals surface area contributed by atoms with Crippen molar-refractivity contribution >= 4 is 34.2 Å². The Kier molecular flexibility index (Phi) is 6.56. The number of aromatic nitrogens is 1. The number of halogens is 1. The van der Waals surface area contributed by atoms with Gasteiger partial charge in [0.25, 0.3) is 11.7 Å². The summed E-state index contributed by atoms with van der Waals surface area (Å²) in [5.41, 5.74) is 1.89. The van der Waals surface area contributed by atoms with Crippen LogP contribution in [-0.4, -0.2) is 48.3 Å². The predicted octanol–water partition coefficient (Wildman–Crippen LogP) is 3.27. The van der Waals surface area contributed by atoms with Gasteiger partial charge in [-0.3, -0.25) is 9.59 Å². The number of carbonyl (C=O) groups is 2. The standard InChI is InChI=1S/C22H24ClN3O3/c1-25(2)13-12-24-22(28)21(27)20-17-6-4-5-7-18(17)26(3)19(20)14-29-16-10-8-15(23)9-11-16/h4-11H,12-14H2,1-3H3,(H,24,28). The second kappa shape index (κ2) is 9.11. The minimum absolute atomic E-state index is 0.152. The van der Waals surface area contributed by atoms with E-state index in [4.69, 9.17) is 16.3 Å². The van der Waals surface area contributed by atoms with E-state index in [1.165, 1.54) is 0 Å². The van der Waals surface area contributed by atoms with Crippen LogP contribution in [0.3, 0.4) is 0 Å². The van der Waals surface area contributed by atoms with Crippen molar-refractivity contribution < 1.29 is 14.3 Å². The number of Topliss-reactive ketones (excluding diaryl/α,β-unsaturated/α-hetero) is 1. The van der Waals surface area contributed by atoms with Crippen LogP contribution < -0.4 is 10.1 Å². The van der Waals surface area contributed by atoms with Gasteiger partial charge >= 0.3 is 0 Å². The van der Waals surface area contributed by atoms with Crippen molar-refractivity contribution in [3.8, 4) is 5.75 Å². The first kappa shape index (κ1) is 20.9. The number of ketones is 1. The number of fused-ring (bicyclic) bond motifs is 1. The third-order valence-corrected chi connectivity index (χ3v) is 4.95. The minimum Gasteiger partial charge on any atom is -0.487 e. The smallest absolute Gasteiger partial charge is 0.292 e. The van der Waals surface area contributed by atoms with Crippen molar-refractivity contribution in [3.63, 3.8) is 0 Å². The lowest BCUT2D eigenvalue weighted by atomic mass is 10.1. The molecule has 1 aromatic heterocycles. The molecule has 152 valence electrons. The van der Waals surface area contributed by atoms with E-state index in [1.807, 2.05) is 54.9 Å². The fourth-order valence-electron chi connectivity index (χ4n) is 3.14. The van der Waals surface area contributed by atoms with Gasteiger partial charge in [-0.2, -0.15) is 0 Å². The number of aryl methyl sites for hydroxylation is 1. The molecule has 1 N–H and O–H groups in total. The van der Waals surface area contributed by atoms with Crippen LogP contribution in [0, 0.1) is 0 Å². The van der Waals surface area contributed by atoms with Gasteiger partial charge in [0.1, 0.15) is 12.4 Å². The van der Waals surface area contributed by atoms with Crippen LogP contribution in [0.4, 0.5) is 0 Å². The molecule has 6 nitrogen and oxygen atoms in total. The van der Waals surface area contributed by atoms with E-state index in [-0.39, 0.29) is 6.61 Å². The highest BCUT2D eigenvalue weighted by molar-refractivity contribution is 6.45. The minimum atomic E-state index is -0.615. The molecule has 0 unspecified atom stereocenters. The molecule has 0 saturated heterocycles. The summed E-state index contributed by atoms with van der Waals surface area (Å²) < 4.78 is 7.76. The molecule has 0 radical (unpaired) electrons. The summed E-state index contributed by atoms with van der Waals surface area (Å²) in [6.45, 7) is 1.21. The molecule has 0 aliphatic rings. The van der Waals surface area contributed by atoms with Crippen molar-refractivity contribution in [2.75, 3.05) is 27.2 Å². The van der Waals surface area contributed by atoms with Gasteiger partial charge in [0.05, 0.1) is 11.3 Å². The van der Waals surface area contributed by atoms with Gasteiger partial charge in [-0.05, 0) is 44.4 Å². The zero-order valence-electron chi connectivity index (χ0n) is 16.7. The lowest BCUT2D eigenvalue weighted by molar-refractivity contribution is -0.117. The van der Waals surface area contributed by atoms with Crippen molar-refractivity contribution in [2.24, 2.45) is 7.05 Å². The molecule has 0 bridgehead atoms. The first-order chi connectivity index (χ1) is 13.9. The van der Waals surface area contributed by atoms with Crippen LogP contribution in [0.25, 0.3) is 10.9 Å². The second-order valence-electron chi connectivity index (χ2n) is 7.03. The van der Waals surface area contributed by atoms with Gasteiger partial charge in [-0.25, -0.2) is 0 Å². The third kappa shape index (κ3) is 4.78. The predicted molar refractivity (Wildman–Crippen MR) is 115 cm³/mol. The van der Waals surface area contributed by atoms with Gasteiger partial charge in [0, 0.05) is 36.1 Å². The molecule has 3 rings (SSSR count). The van der Waals surface area contributed by atoms with Crippen molar-refractivity contribution in [1.29, 1.82) is 0 Å². The van der Waals surface area contributed by atoms with Crippen LogP contribution in [0.2, 0.25) is 5.02 Å². The van der Waals surface area contributed by atoms with Crippen LogP contribution in [0.1, 0.15) is 16.1 Å². The Labute approximate surface area is 175 Å². The average molecular weight is 414 g/mol. The molecule has 0 atom stereocenters. The Morgan fingerprint density at radius 2 is 1.79 bits per heavy atom. The molecular formula is C22H24ClN3O3. The lowest BCUT2D eigenvalue weighted by Crippen LogP contribution is -2.36. The maximum absolute atomic E-state index is 13.0. The van der Waals surface area contributed by atoms with Gasteiger partial charge in [0.2, 0.25) is 0 Å². The number of carbonyl (C=O) groups excluding carboxylic acids is 2. The Morgan fingerprint density at radius 1 is 1.10 bits per heavy atom. The maximum Gasteiger partial charge on any atom is 0.292 e. The van der Waals surface area contributed by atoms with Gasteiger partial charge in [-0.15, -0.1) is 0 Å². The summed E-state index contributed by atoms with van der Waals surface area (Å²) in [4.78, 5) is 27.4. The van der Waals surface area contributed by atoms with Crippen LogP contribution in [-0.2, 0) is 18.4 Å². The number of likely N-dealkylation sites (N-methyl/N-ethyl adjacent to an activating group) is 1. The molecular weight excluding hydrogens is 390 g/mol. The lowest BCUT2D eigenvalue weighted by Gasteiger charge is -2.11. The summed E-state index contributed by atoms with van der Waals surface area (Å²) in [6, 6.07) is 14.5. The van der Waals surface area contributed by atoms with Crippen LogP contribution in [0.5, 0.6) is 5.75 Å². The largest absolute Gasteiger partial charge is 0.487 e. The number of nitrogens with one attached hydrogen (secondary N) is 1. The number of amides is 1. The molecule has 0 spiro atoms. The third-order valence-electron chi connectivity index (χ3n) is 4.70. The Morgan fingerprint density at radius 3 is 2.48 bits per heavy atom.